The van der Waals surface area contributed by atoms with Crippen LogP contribution < -0.4 is 5.32 Å². The first-order chi connectivity index (χ1) is 9.37. The van der Waals surface area contributed by atoms with E-state index in [1.807, 2.05) is 26.2 Å². The summed E-state index contributed by atoms with van der Waals surface area (Å²) in [5.74, 6) is -0.111. The molecule has 1 fully saturated rings. The van der Waals surface area contributed by atoms with Crippen molar-refractivity contribution in [2.75, 3.05) is 0 Å². The predicted octanol–water partition coefficient (Wildman–Crippen LogP) is 1.94. The van der Waals surface area contributed by atoms with Crippen molar-refractivity contribution in [3.05, 3.63) is 16.6 Å². The fourth-order valence-corrected chi connectivity index (χ4v) is 2.99. The lowest BCUT2D eigenvalue weighted by molar-refractivity contribution is -0.162. The van der Waals surface area contributed by atoms with E-state index in [0.717, 1.165) is 5.01 Å². The molecule has 6 heteroatoms. The van der Waals surface area contributed by atoms with Gasteiger partial charge in [-0.2, -0.15) is 0 Å². The molecular weight excluding hydrogens is 274 g/mol. The average molecular weight is 295 g/mol. The summed E-state index contributed by atoms with van der Waals surface area (Å²) in [5, 5.41) is 5.63. The van der Waals surface area contributed by atoms with Gasteiger partial charge in [0.15, 0.2) is 0 Å². The van der Waals surface area contributed by atoms with E-state index < -0.39 is 11.1 Å². The van der Waals surface area contributed by atoms with Gasteiger partial charge in [-0.3, -0.25) is 9.59 Å². The van der Waals surface area contributed by atoms with E-state index in [2.05, 4.69) is 10.3 Å². The zero-order valence-electron chi connectivity index (χ0n) is 12.4. The first-order valence-electron chi connectivity index (χ1n) is 6.90. The Morgan fingerprint density at radius 2 is 2.00 bits per heavy atom. The minimum absolute atomic E-state index is 0.0286. The summed E-state index contributed by atoms with van der Waals surface area (Å²) in [6.45, 7) is 7.84. The lowest BCUT2D eigenvalue weighted by atomic mass is 9.84. The van der Waals surface area contributed by atoms with Crippen molar-refractivity contribution >= 4 is 23.2 Å². The van der Waals surface area contributed by atoms with Crippen LogP contribution in [-0.4, -0.2) is 32.8 Å². The second kappa shape index (κ2) is 5.16. The number of hydrogen-bond acceptors (Lipinski definition) is 4. The first kappa shape index (κ1) is 15.0. The molecule has 0 saturated carbocycles. The maximum Gasteiger partial charge on any atom is 0.249 e. The topological polar surface area (TPSA) is 62.3 Å². The van der Waals surface area contributed by atoms with Crippen molar-refractivity contribution in [2.45, 2.75) is 58.2 Å². The van der Waals surface area contributed by atoms with E-state index >= 15 is 0 Å². The number of nitrogens with one attached hydrogen (secondary N) is 1. The maximum atomic E-state index is 12.8. The van der Waals surface area contributed by atoms with Crippen molar-refractivity contribution in [2.24, 2.45) is 0 Å². The van der Waals surface area contributed by atoms with Crippen molar-refractivity contribution in [1.82, 2.24) is 15.2 Å². The smallest absolute Gasteiger partial charge is 0.249 e. The van der Waals surface area contributed by atoms with Crippen molar-refractivity contribution in [3.8, 4) is 0 Å². The Morgan fingerprint density at radius 1 is 1.30 bits per heavy atom. The molecule has 110 valence electrons. The van der Waals surface area contributed by atoms with Gasteiger partial charge >= 0.3 is 0 Å². The highest BCUT2D eigenvalue weighted by molar-refractivity contribution is 7.09. The largest absolute Gasteiger partial charge is 0.340 e. The Bertz CT molecular complexity index is 516. The normalized spacial score (nSPS) is 30.5. The molecule has 5 nitrogen and oxygen atoms in total. The number of carbonyl (C=O) groups excluding carboxylic acids is 2. The van der Waals surface area contributed by atoms with Crippen molar-refractivity contribution < 1.29 is 9.59 Å². The van der Waals surface area contributed by atoms with E-state index in [-0.39, 0.29) is 11.8 Å². The van der Waals surface area contributed by atoms with Crippen LogP contribution >= 0.6 is 11.3 Å². The van der Waals surface area contributed by atoms with Gasteiger partial charge in [0.25, 0.3) is 0 Å². The molecule has 1 saturated heterocycles. The second-order valence-corrected chi connectivity index (χ2v) is 6.56. The summed E-state index contributed by atoms with van der Waals surface area (Å²) in [4.78, 5) is 31.2. The minimum atomic E-state index is -0.816. The van der Waals surface area contributed by atoms with Crippen LogP contribution in [0.2, 0.25) is 0 Å². The summed E-state index contributed by atoms with van der Waals surface area (Å²) in [5.41, 5.74) is -1.62. The average Bonchev–Trinajstić information content (AvgIpc) is 2.94. The van der Waals surface area contributed by atoms with Crippen LogP contribution in [0.4, 0.5) is 0 Å². The summed E-state index contributed by atoms with van der Waals surface area (Å²) in [7, 11) is 0. The standard InChI is InChI=1S/C14H21N3O2S/c1-5-13(3)12(19)17(9-10-15-7-8-20-10)14(4,6-2)11(18)16-13/h7-8H,5-6,9H2,1-4H3,(H,16,18). The number of amides is 2. The zero-order valence-corrected chi connectivity index (χ0v) is 13.2. The van der Waals surface area contributed by atoms with Gasteiger partial charge in [-0.05, 0) is 26.7 Å². The fraction of sp³-hybridized carbons (Fsp3) is 0.643. The number of thiazole rings is 1. The van der Waals surface area contributed by atoms with Gasteiger partial charge in [-0.25, -0.2) is 4.98 Å². The van der Waals surface area contributed by atoms with Crippen LogP contribution in [0.15, 0.2) is 11.6 Å². The van der Waals surface area contributed by atoms with Crippen LogP contribution in [0.5, 0.6) is 0 Å². The molecule has 2 heterocycles. The van der Waals surface area contributed by atoms with Crippen LogP contribution in [-0.2, 0) is 16.1 Å². The van der Waals surface area contributed by atoms with Gasteiger partial charge in [0.2, 0.25) is 11.8 Å². The summed E-state index contributed by atoms with van der Waals surface area (Å²) < 4.78 is 0. The molecule has 0 aromatic carbocycles. The third kappa shape index (κ3) is 2.22. The molecule has 0 aliphatic carbocycles. The Kier molecular flexibility index (Phi) is 3.86. The highest BCUT2D eigenvalue weighted by Gasteiger charge is 2.52. The van der Waals surface area contributed by atoms with Gasteiger partial charge in [-0.1, -0.05) is 13.8 Å². The lowest BCUT2D eigenvalue weighted by Crippen LogP contribution is -2.73. The molecule has 1 N–H and O–H groups in total. The van der Waals surface area contributed by atoms with E-state index in [1.54, 1.807) is 18.0 Å². The van der Waals surface area contributed by atoms with Gasteiger partial charge in [0.1, 0.15) is 16.1 Å². The number of aromatic nitrogens is 1. The highest BCUT2D eigenvalue weighted by Crippen LogP contribution is 2.32. The third-order valence-corrected chi connectivity index (χ3v) is 5.13. The van der Waals surface area contributed by atoms with Crippen LogP contribution in [0.1, 0.15) is 45.5 Å². The maximum absolute atomic E-state index is 12.8. The predicted molar refractivity (Wildman–Crippen MR) is 78.2 cm³/mol. The second-order valence-electron chi connectivity index (χ2n) is 5.58. The number of hydrogen-bond donors (Lipinski definition) is 1. The Morgan fingerprint density at radius 3 is 2.50 bits per heavy atom. The Hall–Kier alpha value is -1.43. The molecule has 2 rings (SSSR count). The van der Waals surface area contributed by atoms with E-state index in [9.17, 15) is 9.59 Å². The molecule has 0 radical (unpaired) electrons. The van der Waals surface area contributed by atoms with E-state index in [4.69, 9.17) is 0 Å². The molecule has 2 unspecified atom stereocenters. The van der Waals surface area contributed by atoms with Gasteiger partial charge in [0.05, 0.1) is 6.54 Å². The van der Waals surface area contributed by atoms with Crippen LogP contribution in [0.3, 0.4) is 0 Å². The monoisotopic (exact) mass is 295 g/mol. The fourth-order valence-electron chi connectivity index (χ4n) is 2.39. The molecule has 0 bridgehead atoms. The van der Waals surface area contributed by atoms with Gasteiger partial charge < -0.3 is 10.2 Å². The summed E-state index contributed by atoms with van der Waals surface area (Å²) in [6.07, 6.45) is 2.87. The number of carbonyl (C=O) groups is 2. The minimum Gasteiger partial charge on any atom is -0.340 e. The lowest BCUT2D eigenvalue weighted by Gasteiger charge is -2.49. The first-order valence-corrected chi connectivity index (χ1v) is 7.78. The van der Waals surface area contributed by atoms with Crippen LogP contribution in [0.25, 0.3) is 0 Å². The number of rotatable bonds is 4. The summed E-state index contributed by atoms with van der Waals surface area (Å²) >= 11 is 1.50. The number of nitrogens with zero attached hydrogens (tertiary/aromatic N) is 2. The molecule has 0 spiro atoms. The number of piperazine rings is 1. The van der Waals surface area contributed by atoms with Gasteiger partial charge in [0, 0.05) is 11.6 Å². The van der Waals surface area contributed by atoms with E-state index in [1.165, 1.54) is 11.3 Å². The molecule has 2 amide bonds. The zero-order chi connectivity index (χ0) is 15.0. The van der Waals surface area contributed by atoms with E-state index in [0.29, 0.717) is 19.4 Å². The molecule has 2 atom stereocenters. The Balaban J connectivity index is 2.39. The highest BCUT2D eigenvalue weighted by atomic mass is 32.1. The summed E-state index contributed by atoms with van der Waals surface area (Å²) in [6, 6.07) is 0. The Labute approximate surface area is 123 Å². The van der Waals surface area contributed by atoms with Gasteiger partial charge in [-0.15, -0.1) is 11.3 Å². The van der Waals surface area contributed by atoms with Crippen LogP contribution in [0, 0.1) is 0 Å². The van der Waals surface area contributed by atoms with Crippen molar-refractivity contribution in [1.29, 1.82) is 0 Å². The molecule has 20 heavy (non-hydrogen) atoms. The molecule has 1 aliphatic rings. The third-order valence-electron chi connectivity index (χ3n) is 4.36. The molecule has 1 aromatic heterocycles. The molecular formula is C14H21N3O2S. The SMILES string of the molecule is CCC1(C)NC(=O)C(C)(CC)N(Cc2nccs2)C1=O. The molecule has 1 aliphatic heterocycles. The van der Waals surface area contributed by atoms with Crippen molar-refractivity contribution in [3.63, 3.8) is 0 Å². The quantitative estimate of drug-likeness (QED) is 0.923. The molecule has 1 aromatic rings.